The molecule has 0 aromatic carbocycles. The van der Waals surface area contributed by atoms with Gasteiger partial charge in [0.2, 0.25) is 65.0 Å². The SMILES string of the molecule is CC[C@H](C)[C@H](NC(=O)[C@H](CCCN=C(N)N)NC(=O)[C@H](CCCCN)NC(=O)[C@H](CCC(=O)O)NC(=O)[C@@H](NC(=O)[C@H](CCC(N)=O)NC(=O)[C@H](C)NC(=O)[C@@H](N)CCCCN)[C@@H](C)CC)C(=O)N[C@@H](CCC(N)=O)C(=O)N[C@@H](CCC(=O)O)C(=O)O. The minimum atomic E-state index is -1.72. The van der Waals surface area contributed by atoms with Crippen molar-refractivity contribution in [3.8, 4) is 0 Å². The number of rotatable bonds is 47. The van der Waals surface area contributed by atoms with Gasteiger partial charge < -0.3 is 103 Å². The summed E-state index contributed by atoms with van der Waals surface area (Å²) in [6, 6.07) is -14.8. The van der Waals surface area contributed by atoms with E-state index in [1.165, 1.54) is 6.92 Å². The normalized spacial score (nSPS) is 15.1. The predicted molar refractivity (Wildman–Crippen MR) is 314 cm³/mol. The number of primary amides is 2. The fourth-order valence-corrected chi connectivity index (χ4v) is 8.28. The molecule has 0 bridgehead atoms. The number of hydrogen-bond acceptors (Lipinski definition) is 18. The van der Waals surface area contributed by atoms with Gasteiger partial charge in [-0.15, -0.1) is 0 Å². The zero-order valence-electron chi connectivity index (χ0n) is 50.3. The highest BCUT2D eigenvalue weighted by atomic mass is 16.4. The average molecular weight is 1240 g/mol. The third-order valence-electron chi connectivity index (χ3n) is 14.0. The fourth-order valence-electron chi connectivity index (χ4n) is 8.28. The highest BCUT2D eigenvalue weighted by Crippen LogP contribution is 2.15. The van der Waals surface area contributed by atoms with Gasteiger partial charge in [-0.05, 0) is 102 Å². The van der Waals surface area contributed by atoms with Crippen LogP contribution in [0.2, 0.25) is 0 Å². The Morgan fingerprint density at radius 1 is 0.391 bits per heavy atom. The monoisotopic (exact) mass is 1240 g/mol. The minimum absolute atomic E-state index is 0.0286. The number of carbonyl (C=O) groups is 14. The van der Waals surface area contributed by atoms with Crippen molar-refractivity contribution in [3.05, 3.63) is 0 Å². The van der Waals surface area contributed by atoms with Crippen molar-refractivity contribution in [1.82, 2.24) is 47.9 Å². The van der Waals surface area contributed by atoms with Crippen LogP contribution in [0.25, 0.3) is 0 Å². The highest BCUT2D eigenvalue weighted by Gasteiger charge is 2.37. The molecule has 12 atom stereocenters. The smallest absolute Gasteiger partial charge is 0.326 e. The fraction of sp³-hybridized carbons (Fsp3) is 0.717. The number of carboxylic acids is 3. The van der Waals surface area contributed by atoms with Crippen LogP contribution in [0.4, 0.5) is 0 Å². The molecule has 87 heavy (non-hydrogen) atoms. The van der Waals surface area contributed by atoms with Crippen molar-refractivity contribution in [2.24, 2.45) is 57.0 Å². The van der Waals surface area contributed by atoms with Crippen LogP contribution in [-0.4, -0.2) is 184 Å². The number of hydrogen-bond donors (Lipinski definition) is 19. The van der Waals surface area contributed by atoms with E-state index in [0.717, 1.165) is 0 Å². The molecular formula is C53H95N17O17. The van der Waals surface area contributed by atoms with E-state index in [-0.39, 0.29) is 70.4 Å². The summed E-state index contributed by atoms with van der Waals surface area (Å²) in [7, 11) is 0. The first-order valence-corrected chi connectivity index (χ1v) is 29.0. The van der Waals surface area contributed by atoms with Crippen LogP contribution in [0, 0.1) is 11.8 Å². The summed E-state index contributed by atoms with van der Waals surface area (Å²) < 4.78 is 0. The molecule has 0 rings (SSSR count). The van der Waals surface area contributed by atoms with Crippen molar-refractivity contribution in [2.75, 3.05) is 19.6 Å². The summed E-state index contributed by atoms with van der Waals surface area (Å²) in [5.74, 6) is -16.5. The maximum Gasteiger partial charge on any atom is 0.326 e. The van der Waals surface area contributed by atoms with Crippen LogP contribution in [0.5, 0.6) is 0 Å². The van der Waals surface area contributed by atoms with Crippen molar-refractivity contribution in [1.29, 1.82) is 0 Å². The first-order valence-electron chi connectivity index (χ1n) is 29.0. The molecule has 0 unspecified atom stereocenters. The molecule has 0 aromatic rings. The third-order valence-corrected chi connectivity index (χ3v) is 14.0. The second-order valence-corrected chi connectivity index (χ2v) is 21.2. The Hall–Kier alpha value is -8.27. The van der Waals surface area contributed by atoms with Gasteiger partial charge in [-0.25, -0.2) is 4.79 Å². The molecule has 0 saturated heterocycles. The minimum Gasteiger partial charge on any atom is -0.481 e. The predicted octanol–water partition coefficient (Wildman–Crippen LogP) is -5.55. The second-order valence-electron chi connectivity index (χ2n) is 21.2. The Labute approximate surface area is 505 Å². The van der Waals surface area contributed by atoms with Gasteiger partial charge in [0.05, 0.1) is 6.04 Å². The van der Waals surface area contributed by atoms with Crippen LogP contribution >= 0.6 is 0 Å². The molecule has 494 valence electrons. The zero-order valence-corrected chi connectivity index (χ0v) is 50.3. The lowest BCUT2D eigenvalue weighted by Gasteiger charge is -2.30. The molecule has 0 aliphatic rings. The van der Waals surface area contributed by atoms with E-state index in [4.69, 9.17) is 45.2 Å². The Morgan fingerprint density at radius 2 is 0.724 bits per heavy atom. The molecule has 0 fully saturated rings. The number of nitrogens with zero attached hydrogens (tertiary/aromatic N) is 1. The van der Waals surface area contributed by atoms with E-state index in [2.05, 4.69) is 52.8 Å². The maximum absolute atomic E-state index is 14.4. The van der Waals surface area contributed by atoms with Crippen LogP contribution in [0.1, 0.15) is 150 Å². The van der Waals surface area contributed by atoms with Crippen molar-refractivity contribution < 1.29 is 82.4 Å². The average Bonchev–Trinajstić information content (AvgIpc) is 2.85. The van der Waals surface area contributed by atoms with Crippen molar-refractivity contribution >= 4 is 88.8 Å². The molecule has 11 amide bonds. The van der Waals surface area contributed by atoms with Crippen LogP contribution in [-0.2, 0) is 67.1 Å². The van der Waals surface area contributed by atoms with Crippen LogP contribution in [0.15, 0.2) is 4.99 Å². The Bertz CT molecular complexity index is 2360. The van der Waals surface area contributed by atoms with E-state index in [1.807, 2.05) is 0 Å². The summed E-state index contributed by atoms with van der Waals surface area (Å²) in [6.07, 6.45) is -2.08. The number of carboxylic acid groups (broad SMARTS) is 3. The Kier molecular flexibility index (Phi) is 38.5. The Morgan fingerprint density at radius 3 is 1.09 bits per heavy atom. The first-order chi connectivity index (χ1) is 40.8. The maximum atomic E-state index is 14.4. The van der Waals surface area contributed by atoms with E-state index < -0.39 is 200 Å². The van der Waals surface area contributed by atoms with Crippen LogP contribution in [0.3, 0.4) is 0 Å². The van der Waals surface area contributed by atoms with Crippen molar-refractivity contribution in [3.63, 3.8) is 0 Å². The van der Waals surface area contributed by atoms with Gasteiger partial charge in [-0.3, -0.25) is 67.3 Å². The van der Waals surface area contributed by atoms with Gasteiger partial charge >= 0.3 is 17.9 Å². The molecular weight excluding hydrogens is 1150 g/mol. The van der Waals surface area contributed by atoms with Gasteiger partial charge in [-0.1, -0.05) is 47.0 Å². The van der Waals surface area contributed by atoms with E-state index >= 15 is 0 Å². The molecule has 0 aromatic heterocycles. The Balaban J connectivity index is 7.11. The molecule has 26 N–H and O–H groups in total. The number of unbranched alkanes of at least 4 members (excludes halogenated alkanes) is 2. The number of aliphatic imine (C=N–C) groups is 1. The number of amides is 11. The number of guanidine groups is 1. The number of carbonyl (C=O) groups excluding carboxylic acids is 11. The lowest BCUT2D eigenvalue weighted by molar-refractivity contribution is -0.144. The molecule has 0 spiro atoms. The standard InChI is InChI=1S/C53H95N17O17/c1-6-27(3)41(50(84)66-33(16-20-37(57)71)47(81)68-36(52(86)87)19-23-40(75)76)69-48(82)32(15-12-26-61-53(59)60)65-45(79)31(14-9-11-25-55)64-46(80)35(18-22-39(73)74)67-51(85)42(28(4)7-2)70-49(83)34(17-21-38(58)72)63-43(77)29(5)62-44(78)30(56)13-8-10-24-54/h27-36,41-42H,6-26,54-56H2,1-5H3,(H2,57,71)(H2,58,72)(H,62,78)(H,63,77)(H,64,80)(H,65,79)(H,66,84)(H,67,85)(H,68,81)(H,69,82)(H,70,83)(H,73,74)(H,75,76)(H,86,87)(H4,59,60,61)/t27-,28-,29-,30-,31-,32-,33-,34-,35-,36-,41-,42-/m0/s1. The van der Waals surface area contributed by atoms with Crippen LogP contribution < -0.4 is 88.0 Å². The lowest BCUT2D eigenvalue weighted by atomic mass is 9.96. The summed E-state index contributed by atoms with van der Waals surface area (Å²) in [6.45, 7) is 8.24. The molecule has 0 saturated carbocycles. The van der Waals surface area contributed by atoms with Gasteiger partial charge in [0, 0.05) is 32.2 Å². The zero-order chi connectivity index (χ0) is 66.5. The largest absolute Gasteiger partial charge is 0.481 e. The van der Waals surface area contributed by atoms with Gasteiger partial charge in [0.25, 0.3) is 0 Å². The summed E-state index contributed by atoms with van der Waals surface area (Å²) >= 11 is 0. The van der Waals surface area contributed by atoms with Crippen molar-refractivity contribution in [2.45, 2.75) is 211 Å². The summed E-state index contributed by atoms with van der Waals surface area (Å²) in [5, 5.41) is 50.6. The molecule has 0 aliphatic carbocycles. The van der Waals surface area contributed by atoms with Gasteiger partial charge in [0.1, 0.15) is 54.4 Å². The van der Waals surface area contributed by atoms with Gasteiger partial charge in [-0.2, -0.15) is 0 Å². The quantitative estimate of drug-likeness (QED) is 0.0153. The number of aliphatic carboxylic acids is 3. The van der Waals surface area contributed by atoms with E-state index in [9.17, 15) is 77.3 Å². The number of nitrogens with two attached hydrogens (primary N) is 7. The first kappa shape index (κ1) is 78.7. The van der Waals surface area contributed by atoms with Gasteiger partial charge in [0.15, 0.2) is 5.96 Å². The molecule has 0 radical (unpaired) electrons. The summed E-state index contributed by atoms with van der Waals surface area (Å²) in [4.78, 5) is 188. The topological polar surface area (TPSA) is 602 Å². The van der Waals surface area contributed by atoms with E-state index in [0.29, 0.717) is 25.8 Å². The lowest BCUT2D eigenvalue weighted by Crippen LogP contribution is -2.61. The molecule has 0 aliphatic heterocycles. The molecule has 0 heterocycles. The molecule has 34 heteroatoms. The molecule has 34 nitrogen and oxygen atoms in total. The third kappa shape index (κ3) is 32.7. The highest BCUT2D eigenvalue weighted by molar-refractivity contribution is 5.99. The summed E-state index contributed by atoms with van der Waals surface area (Å²) in [5.41, 5.74) is 38.9. The second kappa shape index (κ2) is 42.5. The van der Waals surface area contributed by atoms with E-state index in [1.54, 1.807) is 27.7 Å². The number of nitrogens with one attached hydrogen (secondary N) is 9.